The summed E-state index contributed by atoms with van der Waals surface area (Å²) < 4.78 is 0. The van der Waals surface area contributed by atoms with Gasteiger partial charge in [-0.2, -0.15) is 0 Å². The highest BCUT2D eigenvalue weighted by molar-refractivity contribution is 6.07. The maximum atomic E-state index is 13.3. The molecule has 6 heteroatoms. The second-order valence-corrected chi connectivity index (χ2v) is 8.56. The fraction of sp³-hybridized carbons (Fsp3) is 0.259. The second-order valence-electron chi connectivity index (χ2n) is 8.56. The van der Waals surface area contributed by atoms with Gasteiger partial charge in [-0.15, -0.1) is 0 Å². The van der Waals surface area contributed by atoms with E-state index in [0.29, 0.717) is 37.3 Å². The van der Waals surface area contributed by atoms with Gasteiger partial charge in [-0.3, -0.25) is 9.59 Å². The van der Waals surface area contributed by atoms with Crippen molar-refractivity contribution in [3.8, 4) is 0 Å². The highest BCUT2D eigenvalue weighted by Gasteiger charge is 2.24. The topological polar surface area (TPSA) is 66.4 Å². The number of aromatic nitrogens is 2. The molecule has 5 rings (SSSR count). The molecule has 1 saturated heterocycles. The van der Waals surface area contributed by atoms with Crippen molar-refractivity contribution in [2.45, 2.75) is 20.3 Å². The van der Waals surface area contributed by atoms with Crippen LogP contribution < -0.4 is 0 Å². The van der Waals surface area contributed by atoms with Crippen molar-refractivity contribution >= 4 is 33.6 Å². The van der Waals surface area contributed by atoms with Gasteiger partial charge in [-0.1, -0.05) is 36.4 Å². The molecule has 0 N–H and O–H groups in total. The molecule has 4 aromatic rings. The zero-order valence-electron chi connectivity index (χ0n) is 18.9. The molecule has 2 heterocycles. The van der Waals surface area contributed by atoms with E-state index in [1.165, 1.54) is 0 Å². The maximum absolute atomic E-state index is 13.3. The molecule has 3 aromatic carbocycles. The minimum atomic E-state index is -0.0311. The van der Waals surface area contributed by atoms with Crippen LogP contribution >= 0.6 is 0 Å². The number of nitrogens with zero attached hydrogens (tertiary/aromatic N) is 4. The predicted molar refractivity (Wildman–Crippen MR) is 129 cm³/mol. The van der Waals surface area contributed by atoms with E-state index in [1.807, 2.05) is 84.3 Å². The Bertz CT molecular complexity index is 1380. The van der Waals surface area contributed by atoms with Crippen molar-refractivity contribution in [3.05, 3.63) is 83.2 Å². The first-order valence-electron chi connectivity index (χ1n) is 11.3. The lowest BCUT2D eigenvalue weighted by atomic mass is 10.0. The van der Waals surface area contributed by atoms with Gasteiger partial charge >= 0.3 is 0 Å². The van der Waals surface area contributed by atoms with Crippen molar-refractivity contribution in [1.29, 1.82) is 0 Å². The lowest BCUT2D eigenvalue weighted by Crippen LogP contribution is -2.37. The minimum absolute atomic E-state index is 0.0212. The highest BCUT2D eigenvalue weighted by atomic mass is 16.2. The number of hydrogen-bond donors (Lipinski definition) is 0. The summed E-state index contributed by atoms with van der Waals surface area (Å²) in [6, 6.07) is 19.3. The number of aryl methyl sites for hydroxylation is 2. The Kier molecular flexibility index (Phi) is 5.50. The number of carbonyl (C=O) groups is 2. The van der Waals surface area contributed by atoms with E-state index in [-0.39, 0.29) is 11.8 Å². The summed E-state index contributed by atoms with van der Waals surface area (Å²) in [5, 5.41) is 2.02. The van der Waals surface area contributed by atoms with Crippen molar-refractivity contribution < 1.29 is 9.59 Å². The van der Waals surface area contributed by atoms with Crippen LogP contribution in [0.5, 0.6) is 0 Å². The van der Waals surface area contributed by atoms with E-state index >= 15 is 0 Å². The van der Waals surface area contributed by atoms with E-state index in [4.69, 9.17) is 0 Å². The van der Waals surface area contributed by atoms with Gasteiger partial charge in [0.1, 0.15) is 0 Å². The van der Waals surface area contributed by atoms with Gasteiger partial charge in [-0.05, 0) is 55.3 Å². The third-order valence-corrected chi connectivity index (χ3v) is 6.41. The zero-order chi connectivity index (χ0) is 22.9. The Morgan fingerprint density at radius 2 is 1.39 bits per heavy atom. The smallest absolute Gasteiger partial charge is 0.254 e. The van der Waals surface area contributed by atoms with E-state index in [2.05, 4.69) is 9.97 Å². The number of amides is 2. The average molecular weight is 439 g/mol. The quantitative estimate of drug-likeness (QED) is 0.466. The molecule has 1 aliphatic rings. The molecular weight excluding hydrogens is 412 g/mol. The molecule has 0 unspecified atom stereocenters. The normalized spacial score (nSPS) is 14.5. The molecule has 0 saturated carbocycles. The van der Waals surface area contributed by atoms with Crippen molar-refractivity contribution in [2.24, 2.45) is 0 Å². The van der Waals surface area contributed by atoms with Gasteiger partial charge in [0, 0.05) is 37.3 Å². The molecule has 6 nitrogen and oxygen atoms in total. The van der Waals surface area contributed by atoms with Gasteiger partial charge in [-0.25, -0.2) is 9.97 Å². The molecule has 2 amide bonds. The highest BCUT2D eigenvalue weighted by Crippen LogP contribution is 2.21. The summed E-state index contributed by atoms with van der Waals surface area (Å²) in [5.41, 5.74) is 4.60. The summed E-state index contributed by atoms with van der Waals surface area (Å²) in [6.45, 7) is 6.13. The van der Waals surface area contributed by atoms with Crippen LogP contribution in [0.1, 0.15) is 38.5 Å². The Morgan fingerprint density at radius 1 is 0.727 bits per heavy atom. The van der Waals surface area contributed by atoms with Gasteiger partial charge in [0.2, 0.25) is 0 Å². The molecule has 0 aliphatic carbocycles. The molecule has 1 aromatic heterocycles. The number of carbonyl (C=O) groups excluding carboxylic acids is 2. The third-order valence-electron chi connectivity index (χ3n) is 6.41. The lowest BCUT2D eigenvalue weighted by Gasteiger charge is -2.23. The molecular formula is C27H26N4O2. The van der Waals surface area contributed by atoms with Gasteiger partial charge in [0.15, 0.2) is 0 Å². The molecule has 0 bridgehead atoms. The van der Waals surface area contributed by atoms with Crippen molar-refractivity contribution in [3.63, 3.8) is 0 Å². The van der Waals surface area contributed by atoms with Crippen molar-refractivity contribution in [2.75, 3.05) is 26.2 Å². The first kappa shape index (κ1) is 21.1. The van der Waals surface area contributed by atoms with Crippen LogP contribution in [-0.4, -0.2) is 57.8 Å². The van der Waals surface area contributed by atoms with Crippen LogP contribution in [0.15, 0.2) is 60.7 Å². The van der Waals surface area contributed by atoms with E-state index in [9.17, 15) is 9.59 Å². The molecule has 0 radical (unpaired) electrons. The predicted octanol–water partition coefficient (Wildman–Crippen LogP) is 4.39. The maximum Gasteiger partial charge on any atom is 0.254 e. The SMILES string of the molecule is Cc1nc2ccc(C(=O)N3CCCN(C(=O)c4cccc5ccccc45)CC3)cc2nc1C. The molecule has 1 aliphatic heterocycles. The van der Waals surface area contributed by atoms with Gasteiger partial charge in [0.05, 0.1) is 22.4 Å². The third kappa shape index (κ3) is 4.04. The average Bonchev–Trinajstić information content (AvgIpc) is 3.09. The summed E-state index contributed by atoms with van der Waals surface area (Å²) in [7, 11) is 0. The lowest BCUT2D eigenvalue weighted by molar-refractivity contribution is 0.0720. The Balaban J connectivity index is 1.34. The van der Waals surface area contributed by atoms with Crippen LogP contribution in [-0.2, 0) is 0 Å². The number of hydrogen-bond acceptors (Lipinski definition) is 4. The van der Waals surface area contributed by atoms with Crippen LogP contribution in [0.4, 0.5) is 0 Å². The summed E-state index contributed by atoms with van der Waals surface area (Å²) in [6.07, 6.45) is 0.744. The fourth-order valence-electron chi connectivity index (χ4n) is 4.45. The zero-order valence-corrected chi connectivity index (χ0v) is 18.9. The van der Waals surface area contributed by atoms with E-state index in [0.717, 1.165) is 39.6 Å². The standard InChI is InChI=1S/C27H26N4O2/c1-18-19(2)29-25-17-21(11-12-24(25)28-18)26(32)30-13-6-14-31(16-15-30)27(33)23-10-5-8-20-7-3-4-9-22(20)23/h3-5,7-12,17H,6,13-16H2,1-2H3. The van der Waals surface area contributed by atoms with Crippen LogP contribution in [0, 0.1) is 13.8 Å². The summed E-state index contributed by atoms with van der Waals surface area (Å²) in [5.74, 6) is -0.00990. The minimum Gasteiger partial charge on any atom is -0.337 e. The van der Waals surface area contributed by atoms with E-state index in [1.54, 1.807) is 0 Å². The molecule has 166 valence electrons. The molecule has 33 heavy (non-hydrogen) atoms. The Labute approximate surface area is 192 Å². The van der Waals surface area contributed by atoms with Gasteiger partial charge in [0.25, 0.3) is 11.8 Å². The summed E-state index contributed by atoms with van der Waals surface area (Å²) in [4.78, 5) is 39.4. The van der Waals surface area contributed by atoms with Crippen molar-refractivity contribution in [1.82, 2.24) is 19.8 Å². The van der Waals surface area contributed by atoms with Crippen LogP contribution in [0.25, 0.3) is 21.8 Å². The van der Waals surface area contributed by atoms with Crippen LogP contribution in [0.3, 0.4) is 0 Å². The first-order chi connectivity index (χ1) is 16.0. The molecule has 0 spiro atoms. The first-order valence-corrected chi connectivity index (χ1v) is 11.3. The summed E-state index contributed by atoms with van der Waals surface area (Å²) >= 11 is 0. The molecule has 0 atom stereocenters. The number of rotatable bonds is 2. The number of fused-ring (bicyclic) bond motifs is 2. The van der Waals surface area contributed by atoms with E-state index < -0.39 is 0 Å². The second kappa shape index (κ2) is 8.62. The molecule has 1 fully saturated rings. The Hall–Kier alpha value is -3.80. The largest absolute Gasteiger partial charge is 0.337 e. The van der Waals surface area contributed by atoms with Crippen LogP contribution in [0.2, 0.25) is 0 Å². The number of benzene rings is 3. The van der Waals surface area contributed by atoms with Gasteiger partial charge < -0.3 is 9.80 Å². The fourth-order valence-corrected chi connectivity index (χ4v) is 4.45. The Morgan fingerprint density at radius 3 is 2.18 bits per heavy atom. The monoisotopic (exact) mass is 438 g/mol.